The number of nitrogens with zero attached hydrogens (tertiary/aromatic N) is 5. The van der Waals surface area contributed by atoms with Crippen molar-refractivity contribution in [3.63, 3.8) is 0 Å². The molecular formula is C25H31N5O6. The number of hydrogen-bond donors (Lipinski definition) is 0. The number of carbonyl (C=O) groups excluding carboxylic acids is 2. The van der Waals surface area contributed by atoms with Gasteiger partial charge in [-0.3, -0.25) is 19.0 Å². The molecule has 0 spiro atoms. The van der Waals surface area contributed by atoms with Gasteiger partial charge in [0.1, 0.15) is 6.54 Å². The average Bonchev–Trinajstić information content (AvgIpc) is 3.31. The minimum absolute atomic E-state index is 0.165. The van der Waals surface area contributed by atoms with Gasteiger partial charge in [0, 0.05) is 26.7 Å². The van der Waals surface area contributed by atoms with E-state index < -0.39 is 30.4 Å². The molecule has 11 nitrogen and oxygen atoms in total. The SMILES string of the molecule is COCCn1cnc2c1c(=O)n(CC(=O)OCC(=O)N1CCCC(C)C1)c(=O)n2Cc1ccccc1. The molecule has 1 aliphatic heterocycles. The van der Waals surface area contributed by atoms with Gasteiger partial charge in [0.25, 0.3) is 11.5 Å². The van der Waals surface area contributed by atoms with Gasteiger partial charge in [-0.1, -0.05) is 37.3 Å². The van der Waals surface area contributed by atoms with Gasteiger partial charge in [0.2, 0.25) is 0 Å². The Balaban J connectivity index is 1.61. The van der Waals surface area contributed by atoms with E-state index in [4.69, 9.17) is 9.47 Å². The van der Waals surface area contributed by atoms with Gasteiger partial charge >= 0.3 is 11.7 Å². The first-order valence-electron chi connectivity index (χ1n) is 12.0. The zero-order chi connectivity index (χ0) is 25.7. The van der Waals surface area contributed by atoms with Crippen LogP contribution in [0.1, 0.15) is 25.3 Å². The predicted octanol–water partition coefficient (Wildman–Crippen LogP) is 0.856. The normalized spacial score (nSPS) is 15.8. The van der Waals surface area contributed by atoms with Crippen molar-refractivity contribution >= 4 is 23.0 Å². The Hall–Kier alpha value is -3.73. The fourth-order valence-corrected chi connectivity index (χ4v) is 4.47. The third-order valence-electron chi connectivity index (χ3n) is 6.36. The smallest absolute Gasteiger partial charge is 0.333 e. The number of ether oxygens (including phenoxy) is 2. The maximum atomic E-state index is 13.4. The molecule has 3 heterocycles. The number of benzene rings is 1. The van der Waals surface area contributed by atoms with E-state index in [9.17, 15) is 19.2 Å². The van der Waals surface area contributed by atoms with Crippen LogP contribution in [0.15, 0.2) is 46.2 Å². The van der Waals surface area contributed by atoms with Crippen LogP contribution in [0.3, 0.4) is 0 Å². The maximum absolute atomic E-state index is 13.4. The molecule has 1 atom stereocenters. The summed E-state index contributed by atoms with van der Waals surface area (Å²) in [7, 11) is 1.55. The van der Waals surface area contributed by atoms with Crippen LogP contribution in [0.4, 0.5) is 0 Å². The van der Waals surface area contributed by atoms with Crippen molar-refractivity contribution in [2.24, 2.45) is 5.92 Å². The Morgan fingerprint density at radius 3 is 2.64 bits per heavy atom. The minimum Gasteiger partial charge on any atom is -0.454 e. The highest BCUT2D eigenvalue weighted by Crippen LogP contribution is 2.15. The van der Waals surface area contributed by atoms with Crippen LogP contribution in [0, 0.1) is 5.92 Å². The molecule has 1 aromatic carbocycles. The summed E-state index contributed by atoms with van der Waals surface area (Å²) < 4.78 is 14.1. The number of amides is 1. The van der Waals surface area contributed by atoms with Gasteiger partial charge in [-0.2, -0.15) is 0 Å². The summed E-state index contributed by atoms with van der Waals surface area (Å²) >= 11 is 0. The molecule has 36 heavy (non-hydrogen) atoms. The molecule has 0 radical (unpaired) electrons. The Morgan fingerprint density at radius 2 is 1.92 bits per heavy atom. The number of rotatable bonds is 9. The molecule has 1 saturated heterocycles. The van der Waals surface area contributed by atoms with Crippen molar-refractivity contribution in [1.82, 2.24) is 23.6 Å². The number of piperidine rings is 1. The number of likely N-dealkylation sites (tertiary alicyclic amines) is 1. The van der Waals surface area contributed by atoms with Crippen LogP contribution < -0.4 is 11.2 Å². The zero-order valence-corrected chi connectivity index (χ0v) is 20.6. The Morgan fingerprint density at radius 1 is 1.14 bits per heavy atom. The Kier molecular flexibility index (Phi) is 7.99. The molecule has 2 aromatic heterocycles. The van der Waals surface area contributed by atoms with Crippen LogP contribution >= 0.6 is 0 Å². The highest BCUT2D eigenvalue weighted by Gasteiger charge is 2.23. The molecule has 0 aliphatic carbocycles. The number of esters is 1. The lowest BCUT2D eigenvalue weighted by molar-refractivity contribution is -0.153. The lowest BCUT2D eigenvalue weighted by Gasteiger charge is -2.30. The van der Waals surface area contributed by atoms with E-state index in [-0.39, 0.29) is 23.6 Å². The van der Waals surface area contributed by atoms with Crippen molar-refractivity contribution in [2.45, 2.75) is 39.4 Å². The number of carbonyl (C=O) groups is 2. The molecule has 0 N–H and O–H groups in total. The summed E-state index contributed by atoms with van der Waals surface area (Å²) in [6, 6.07) is 9.28. The molecule has 11 heteroatoms. The number of hydrogen-bond acceptors (Lipinski definition) is 7. The van der Waals surface area contributed by atoms with Gasteiger partial charge in [0.15, 0.2) is 17.8 Å². The van der Waals surface area contributed by atoms with E-state index in [1.807, 2.05) is 30.3 Å². The van der Waals surface area contributed by atoms with Gasteiger partial charge in [-0.25, -0.2) is 14.3 Å². The Bertz CT molecular complexity index is 1340. The first-order valence-corrected chi connectivity index (χ1v) is 12.0. The predicted molar refractivity (Wildman–Crippen MR) is 132 cm³/mol. The van der Waals surface area contributed by atoms with Crippen LogP contribution in [0.5, 0.6) is 0 Å². The molecule has 1 amide bonds. The average molecular weight is 498 g/mol. The lowest BCUT2D eigenvalue weighted by Crippen LogP contribution is -2.44. The quantitative estimate of drug-likeness (QED) is 0.402. The van der Waals surface area contributed by atoms with Crippen molar-refractivity contribution in [1.29, 1.82) is 0 Å². The molecule has 3 aromatic rings. The fourth-order valence-electron chi connectivity index (χ4n) is 4.47. The first-order chi connectivity index (χ1) is 17.4. The monoisotopic (exact) mass is 497 g/mol. The first kappa shape index (κ1) is 25.4. The molecule has 1 unspecified atom stereocenters. The van der Waals surface area contributed by atoms with E-state index in [1.165, 1.54) is 10.9 Å². The van der Waals surface area contributed by atoms with Crippen molar-refractivity contribution in [3.8, 4) is 0 Å². The van der Waals surface area contributed by atoms with Crippen molar-refractivity contribution in [3.05, 3.63) is 63.1 Å². The minimum atomic E-state index is -0.832. The van der Waals surface area contributed by atoms with Gasteiger partial charge in [0.05, 0.1) is 19.5 Å². The molecule has 192 valence electrons. The molecular weight excluding hydrogens is 466 g/mol. The van der Waals surface area contributed by atoms with Crippen LogP contribution in [0.2, 0.25) is 0 Å². The second kappa shape index (κ2) is 11.3. The summed E-state index contributed by atoms with van der Waals surface area (Å²) in [6.45, 7) is 3.15. The van der Waals surface area contributed by atoms with Crippen molar-refractivity contribution in [2.75, 3.05) is 33.4 Å². The number of fused-ring (bicyclic) bond motifs is 1. The highest BCUT2D eigenvalue weighted by molar-refractivity contribution is 5.80. The summed E-state index contributed by atoms with van der Waals surface area (Å²) in [5.74, 6) is -0.715. The van der Waals surface area contributed by atoms with Crippen LogP contribution in [-0.4, -0.2) is 68.9 Å². The molecule has 0 saturated carbocycles. The topological polar surface area (TPSA) is 118 Å². The number of imidazole rings is 1. The molecule has 0 bridgehead atoms. The third kappa shape index (κ3) is 5.56. The number of aromatic nitrogens is 4. The van der Waals surface area contributed by atoms with E-state index in [1.54, 1.807) is 16.6 Å². The Labute approximate surface area is 207 Å². The van der Waals surface area contributed by atoms with Crippen molar-refractivity contribution < 1.29 is 19.1 Å². The lowest BCUT2D eigenvalue weighted by atomic mass is 10.0. The third-order valence-corrected chi connectivity index (χ3v) is 6.36. The van der Waals surface area contributed by atoms with Gasteiger partial charge in [-0.15, -0.1) is 0 Å². The molecule has 4 rings (SSSR count). The summed E-state index contributed by atoms with van der Waals surface area (Å²) in [5, 5.41) is 0. The van der Waals surface area contributed by atoms with E-state index >= 15 is 0 Å². The molecule has 1 aliphatic rings. The fraction of sp³-hybridized carbons (Fsp3) is 0.480. The number of methoxy groups -OCH3 is 1. The highest BCUT2D eigenvalue weighted by atomic mass is 16.5. The largest absolute Gasteiger partial charge is 0.454 e. The summed E-state index contributed by atoms with van der Waals surface area (Å²) in [6.07, 6.45) is 3.45. The maximum Gasteiger partial charge on any atom is 0.333 e. The van der Waals surface area contributed by atoms with E-state index in [2.05, 4.69) is 11.9 Å². The molecule has 1 fully saturated rings. The van der Waals surface area contributed by atoms with E-state index in [0.29, 0.717) is 32.2 Å². The van der Waals surface area contributed by atoms with Crippen LogP contribution in [0.25, 0.3) is 11.2 Å². The van der Waals surface area contributed by atoms with Gasteiger partial charge in [-0.05, 0) is 24.3 Å². The summed E-state index contributed by atoms with van der Waals surface area (Å²) in [5.41, 5.74) is -0.0817. The standard InChI is InChI=1S/C25H31N5O6/c1-18-7-6-10-27(13-18)20(31)16-36-21(32)15-30-24(33)22-23(26-17-28(22)11-12-35-2)29(25(30)34)14-19-8-4-3-5-9-19/h3-5,8-9,17-18H,6-7,10-16H2,1-2H3. The summed E-state index contributed by atoms with van der Waals surface area (Å²) in [4.78, 5) is 57.8. The van der Waals surface area contributed by atoms with Crippen LogP contribution in [-0.2, 0) is 38.7 Å². The van der Waals surface area contributed by atoms with E-state index in [0.717, 1.165) is 23.0 Å². The second-order valence-electron chi connectivity index (χ2n) is 9.10. The second-order valence-corrected chi connectivity index (χ2v) is 9.10. The zero-order valence-electron chi connectivity index (χ0n) is 20.6. The van der Waals surface area contributed by atoms with Gasteiger partial charge < -0.3 is 18.9 Å².